The quantitative estimate of drug-likeness (QED) is 0.0286. The average Bonchev–Trinajstić information content (AvgIpc) is 1.53. The molecule has 0 radical (unpaired) electrons. The second kappa shape index (κ2) is 41.6. The lowest BCUT2D eigenvalue weighted by atomic mass is 9.70. The number of rotatable bonds is 36. The lowest BCUT2D eigenvalue weighted by Crippen LogP contribution is -2.63. The van der Waals surface area contributed by atoms with Gasteiger partial charge in [0.25, 0.3) is 17.7 Å². The molecule has 15 amide bonds. The molecule has 3 aliphatic heterocycles. The maximum Gasteiger partial charge on any atom is 0.315 e. The first-order chi connectivity index (χ1) is 62.1. The van der Waals surface area contributed by atoms with E-state index >= 15 is 0 Å². The summed E-state index contributed by atoms with van der Waals surface area (Å²) >= 11 is 0. The number of hydrogen-bond acceptors (Lipinski definition) is 18. The molecule has 11 fully saturated rings. The van der Waals surface area contributed by atoms with Gasteiger partial charge in [-0.15, -0.1) is 0 Å². The summed E-state index contributed by atoms with van der Waals surface area (Å²) in [6, 6.07) is -2.18. The summed E-state index contributed by atoms with van der Waals surface area (Å²) in [5.74, 6) is -7.17. The first-order valence-corrected chi connectivity index (χ1v) is 49.2. The maximum atomic E-state index is 14.6. The summed E-state index contributed by atoms with van der Waals surface area (Å²) in [6.07, 6.45) is 19.2. The van der Waals surface area contributed by atoms with Crippen LogP contribution in [0.1, 0.15) is 264 Å². The number of hydrogen-bond donors (Lipinski definition) is 12. The van der Waals surface area contributed by atoms with Gasteiger partial charge in [0.1, 0.15) is 36.3 Å². The first-order valence-electron chi connectivity index (χ1n) is 49.2. The Morgan fingerprint density at radius 1 is 0.376 bits per heavy atom. The number of likely N-dealkylation sites (tertiary alicyclic amines) is 3. The number of methoxy groups -OCH3 is 3. The molecule has 3 heterocycles. The maximum absolute atomic E-state index is 14.6. The third kappa shape index (κ3) is 24.0. The van der Waals surface area contributed by atoms with Gasteiger partial charge in [0, 0.05) is 41.0 Å². The molecule has 1 aromatic carbocycles. The van der Waals surface area contributed by atoms with Crippen LogP contribution < -0.4 is 65.1 Å². The highest BCUT2D eigenvalue weighted by atomic mass is 16.5. The Hall–Kier alpha value is -8.85. The Kier molecular flexibility index (Phi) is 32.7. The number of Topliss-reactive ketones (excluding diaryl/α,β-unsaturated/α-hetero) is 3. The summed E-state index contributed by atoms with van der Waals surface area (Å²) in [7, 11) is 4.76. The fraction of sp³-hybridized carbons (Fsp3) is 0.790. The van der Waals surface area contributed by atoms with E-state index in [1.165, 1.54) is 0 Å². The number of amides is 15. The summed E-state index contributed by atoms with van der Waals surface area (Å²) in [5.41, 5.74) is 16.1. The highest BCUT2D eigenvalue weighted by Crippen LogP contribution is 2.67. The largest absolute Gasteiger partial charge is 0.383 e. The molecule has 18 atom stereocenters. The van der Waals surface area contributed by atoms with Crippen molar-refractivity contribution in [1.29, 1.82) is 0 Å². The third-order valence-electron chi connectivity index (χ3n) is 33.4. The molecule has 12 aliphatic rings. The number of benzene rings is 1. The molecule has 133 heavy (non-hydrogen) atoms. The van der Waals surface area contributed by atoms with Gasteiger partial charge in [-0.05, 0) is 171 Å². The molecule has 15 N–H and O–H groups in total. The SMILES string of the molecule is COC[C@@H](NC(=O)N[C@H](C(=O)N1CC2C([C@H]1C(=O)NC(CC1CC1)C(=O)C(N)=O)C2(C)C)C1(C)CCCCC1)C(C)(C)C.COC[C@@H](NC(=O)N[C@H](C(=O)N1CC2C([C@H]1C(=O)NC(CC1CCC1)C(=O)C(N)=O)C2(C)C)C1(C)CCCCC1)C(C)(C)C.COC[C@@H](NC(=O)N[C@H](C(=O)N1CC2C([C@H]1C(=O)NC(CC1CCC1)C(=O)C(N)=O)C2(C)C)C1Cc2ccccc2C1)C(C)(C)C. The molecular weight excluding hydrogens is 1700 g/mol. The normalized spacial score (nSPS) is 26.9. The molecular formula is C100H159N15O18. The molecule has 33 heteroatoms. The number of piperidine rings is 3. The van der Waals surface area contributed by atoms with Gasteiger partial charge in [-0.3, -0.25) is 57.5 Å². The summed E-state index contributed by atoms with van der Waals surface area (Å²) < 4.78 is 16.1. The number of carbonyl (C=O) groups is 15. The van der Waals surface area contributed by atoms with Crippen LogP contribution in [0.15, 0.2) is 24.3 Å². The van der Waals surface area contributed by atoms with Gasteiger partial charge < -0.3 is 94.0 Å². The standard InChI is InChI=1S/C35H51N5O6.C33H55N5O6.C32H53N5O6/c1-34(2,3)25(18-46-6)38-33(45)39-27(22-15-20-12-7-8-13-21(20)16-22)32(44)40-17-23-26(35(23,4)5)28(40)31(43)37-24(29(41)30(36)42)14-19-10-9-11-19;1-31(2,3)22(18-44-7)36-30(43)37-26(33(6)14-9-8-10-15-33)29(42)38-17-20-23(32(20,4)5)24(38)28(41)35-21(25(39)27(34)40)16-19-12-11-13-19;1-30(2,3)21(17-43-7)35-29(42)36-25(32(6)13-9-8-10-14-32)28(41)37-16-19-22(31(19,4)5)23(37)27(40)34-20(15-18-11-12-18)24(38)26(33)39/h7-8,12-13,19,22-28H,9-11,14-18H2,1-6H3,(H2,36,42)(H,37,43)(H2,38,39,45);19-24,26H,8-18H2,1-7H3,(H2,34,40)(H,35,41)(H2,36,37,43);18-23,25H,8-17H2,1-7H3,(H2,33,39)(H,34,40)(H2,35,36,42)/t23?,24?,25-,26?,27+,28+;20?,21?,22-,23?,24+,26-;19?,20?,21-,22?,23+,25-/m111/s1. The van der Waals surface area contributed by atoms with E-state index in [0.29, 0.717) is 71.6 Å². The van der Waals surface area contributed by atoms with Gasteiger partial charge >= 0.3 is 18.1 Å². The molecule has 0 spiro atoms. The highest BCUT2D eigenvalue weighted by molar-refractivity contribution is 6.39. The number of carbonyl (C=O) groups excluding carboxylic acids is 15. The third-order valence-corrected chi connectivity index (χ3v) is 33.4. The van der Waals surface area contributed by atoms with E-state index in [1.807, 2.05) is 86.6 Å². The second-order valence-electron chi connectivity index (χ2n) is 47.0. The van der Waals surface area contributed by atoms with Crippen molar-refractivity contribution in [2.45, 2.75) is 338 Å². The van der Waals surface area contributed by atoms with E-state index in [9.17, 15) is 71.9 Å². The minimum absolute atomic E-state index is 0.0812. The van der Waals surface area contributed by atoms with Crippen molar-refractivity contribution >= 4 is 88.6 Å². The molecule has 9 aliphatic carbocycles. The number of urea groups is 3. The Balaban J connectivity index is 0.000000192. The van der Waals surface area contributed by atoms with Crippen LogP contribution in [0, 0.1) is 102 Å². The summed E-state index contributed by atoms with van der Waals surface area (Å²) in [5, 5.41) is 26.7. The van der Waals surface area contributed by atoms with Crippen molar-refractivity contribution in [2.75, 3.05) is 60.8 Å². The topological polar surface area (TPSA) is 480 Å². The van der Waals surface area contributed by atoms with Crippen molar-refractivity contribution in [2.24, 2.45) is 120 Å². The zero-order valence-corrected chi connectivity index (χ0v) is 82.9. The second-order valence-corrected chi connectivity index (χ2v) is 47.0. The Bertz CT molecular complexity index is 4440. The minimum Gasteiger partial charge on any atom is -0.383 e. The fourth-order valence-electron chi connectivity index (χ4n) is 23.3. The Morgan fingerprint density at radius 3 is 0.910 bits per heavy atom. The zero-order valence-electron chi connectivity index (χ0n) is 82.9. The molecule has 1 aromatic rings. The van der Waals surface area contributed by atoms with Gasteiger partial charge in [-0.25, -0.2) is 14.4 Å². The average molecular weight is 1860 g/mol. The zero-order chi connectivity index (χ0) is 98.1. The molecule has 9 unspecified atom stereocenters. The summed E-state index contributed by atoms with van der Waals surface area (Å²) in [6.45, 7) is 36.9. The van der Waals surface area contributed by atoms with Crippen LogP contribution >= 0.6 is 0 Å². The Labute approximate surface area is 787 Å². The lowest BCUT2D eigenvalue weighted by molar-refractivity contribution is -0.146. The number of fused-ring (bicyclic) bond motifs is 4. The number of nitrogens with zero attached hydrogens (tertiary/aromatic N) is 3. The fourth-order valence-corrected chi connectivity index (χ4v) is 23.3. The van der Waals surface area contributed by atoms with Crippen LogP contribution in [0.25, 0.3) is 0 Å². The molecule has 8 saturated carbocycles. The Morgan fingerprint density at radius 2 is 0.654 bits per heavy atom. The molecule has 33 nitrogen and oxygen atoms in total. The van der Waals surface area contributed by atoms with Crippen molar-refractivity contribution in [3.63, 3.8) is 0 Å². The van der Waals surface area contributed by atoms with E-state index in [4.69, 9.17) is 31.4 Å². The van der Waals surface area contributed by atoms with Crippen molar-refractivity contribution < 1.29 is 86.1 Å². The highest BCUT2D eigenvalue weighted by Gasteiger charge is 2.73. The van der Waals surface area contributed by atoms with Gasteiger partial charge in [0.15, 0.2) is 0 Å². The van der Waals surface area contributed by atoms with Gasteiger partial charge in [0.05, 0.1) is 56.1 Å². The van der Waals surface area contributed by atoms with Crippen molar-refractivity contribution in [3.8, 4) is 0 Å². The number of nitrogens with two attached hydrogens (primary N) is 3. The van der Waals surface area contributed by atoms with Gasteiger partial charge in [-0.1, -0.05) is 232 Å². The van der Waals surface area contributed by atoms with Gasteiger partial charge in [-0.2, -0.15) is 0 Å². The van der Waals surface area contributed by atoms with E-state index in [2.05, 4.69) is 103 Å². The van der Waals surface area contributed by atoms with E-state index in [0.717, 1.165) is 127 Å². The van der Waals surface area contributed by atoms with E-state index in [-0.39, 0.29) is 128 Å². The summed E-state index contributed by atoms with van der Waals surface area (Å²) in [4.78, 5) is 205. The van der Waals surface area contributed by atoms with Crippen molar-refractivity contribution in [1.82, 2.24) is 62.6 Å². The van der Waals surface area contributed by atoms with Crippen LogP contribution in [0.4, 0.5) is 14.4 Å². The molecule has 0 bridgehead atoms. The molecule has 742 valence electrons. The smallest absolute Gasteiger partial charge is 0.315 e. The van der Waals surface area contributed by atoms with Crippen LogP contribution in [-0.2, 0) is 84.6 Å². The van der Waals surface area contributed by atoms with E-state index in [1.54, 1.807) is 36.0 Å². The van der Waals surface area contributed by atoms with Gasteiger partial charge in [0.2, 0.25) is 52.8 Å². The van der Waals surface area contributed by atoms with Crippen LogP contribution in [0.5, 0.6) is 0 Å². The predicted octanol–water partition coefficient (Wildman–Crippen LogP) is 7.75. The molecule has 13 rings (SSSR count). The number of nitrogens with one attached hydrogen (secondary N) is 9. The predicted molar refractivity (Wildman–Crippen MR) is 500 cm³/mol. The number of ketones is 3. The number of primary amides is 3. The van der Waals surface area contributed by atoms with Crippen LogP contribution in [0.2, 0.25) is 0 Å². The number of ether oxygens (including phenoxy) is 3. The first kappa shape index (κ1) is 105. The molecule has 0 aromatic heterocycles. The van der Waals surface area contributed by atoms with E-state index < -0.39 is 136 Å². The van der Waals surface area contributed by atoms with Crippen LogP contribution in [-0.4, -0.2) is 237 Å². The minimum atomic E-state index is -1.08. The monoisotopic (exact) mass is 1860 g/mol. The lowest BCUT2D eigenvalue weighted by Gasteiger charge is -2.43. The van der Waals surface area contributed by atoms with Crippen LogP contribution in [0.3, 0.4) is 0 Å². The molecule has 3 saturated heterocycles. The van der Waals surface area contributed by atoms with Crippen molar-refractivity contribution in [3.05, 3.63) is 35.4 Å².